The molecule has 0 amide bonds. The van der Waals surface area contributed by atoms with E-state index in [1.807, 2.05) is 39.2 Å². The van der Waals surface area contributed by atoms with E-state index < -0.39 is 0 Å². The fourth-order valence-electron chi connectivity index (χ4n) is 1.87. The molecule has 128 valence electrons. The first kappa shape index (κ1) is 25.9. The molecule has 0 saturated carbocycles. The predicted molar refractivity (Wildman–Crippen MR) is 108 cm³/mol. The van der Waals surface area contributed by atoms with E-state index in [-0.39, 0.29) is 0 Å². The van der Waals surface area contributed by atoms with Gasteiger partial charge in [0.25, 0.3) is 6.57 Å². The molecule has 0 aromatic rings. The normalized spacial score (nSPS) is 21.3. The third kappa shape index (κ3) is 15.4. The first-order chi connectivity index (χ1) is 10.5. The molecule has 0 bridgehead atoms. The van der Waals surface area contributed by atoms with Crippen LogP contribution in [0.25, 0.3) is 4.85 Å². The van der Waals surface area contributed by atoms with Gasteiger partial charge in [0.2, 0.25) is 0 Å². The third-order valence-electron chi connectivity index (χ3n) is 3.31. The molecule has 2 nitrogen and oxygen atoms in total. The fraction of sp³-hybridized carbons (Fsp3) is 0.632. The van der Waals surface area contributed by atoms with Gasteiger partial charge in [-0.2, -0.15) is 0 Å². The van der Waals surface area contributed by atoms with Gasteiger partial charge in [0.05, 0.1) is 4.91 Å². The highest BCUT2D eigenvalue weighted by Crippen LogP contribution is 2.20. The van der Waals surface area contributed by atoms with E-state index in [9.17, 15) is 0 Å². The molecular weight excluding hydrogens is 288 g/mol. The Morgan fingerprint density at radius 1 is 1.27 bits per heavy atom. The van der Waals surface area contributed by atoms with E-state index >= 15 is 0 Å². The van der Waals surface area contributed by atoms with Gasteiger partial charge in [-0.3, -0.25) is 0 Å². The minimum atomic E-state index is 0.906. The van der Waals surface area contributed by atoms with Crippen LogP contribution in [-0.4, -0.2) is 31.3 Å². The van der Waals surface area contributed by atoms with Gasteiger partial charge in [-0.05, 0) is 55.9 Å². The van der Waals surface area contributed by atoms with Crippen molar-refractivity contribution in [1.29, 1.82) is 0 Å². The predicted octanol–water partition coefficient (Wildman–Crippen LogP) is 6.15. The van der Waals surface area contributed by atoms with E-state index in [0.717, 1.165) is 16.7 Å². The highest BCUT2D eigenvalue weighted by Gasteiger charge is 2.19. The van der Waals surface area contributed by atoms with Gasteiger partial charge in [-0.1, -0.05) is 33.8 Å². The molecule has 1 fully saturated rings. The van der Waals surface area contributed by atoms with Crippen molar-refractivity contribution in [3.8, 4) is 6.57 Å². The van der Waals surface area contributed by atoms with E-state index in [1.165, 1.54) is 19.5 Å². The summed E-state index contributed by atoms with van der Waals surface area (Å²) >= 11 is 1.62. The average molecular weight is 326 g/mol. The summed E-state index contributed by atoms with van der Waals surface area (Å²) in [5, 5.41) is 0. The Hall–Kier alpha value is -0.980. The van der Waals surface area contributed by atoms with Crippen LogP contribution in [0.4, 0.5) is 0 Å². The van der Waals surface area contributed by atoms with Crippen molar-refractivity contribution in [3.63, 3.8) is 0 Å². The third-order valence-corrected chi connectivity index (χ3v) is 4.02. The van der Waals surface area contributed by atoms with Crippen molar-refractivity contribution in [2.45, 2.75) is 41.0 Å². The highest BCUT2D eigenvalue weighted by molar-refractivity contribution is 8.02. The number of hydrogen-bond donors (Lipinski definition) is 0. The first-order valence-corrected chi connectivity index (χ1v) is 9.23. The average Bonchev–Trinajstić information content (AvgIpc) is 2.55. The molecule has 1 heterocycles. The fourth-order valence-corrected chi connectivity index (χ4v) is 2.31. The zero-order valence-electron chi connectivity index (χ0n) is 15.8. The van der Waals surface area contributed by atoms with Crippen molar-refractivity contribution in [2.75, 3.05) is 26.4 Å². The zero-order valence-corrected chi connectivity index (χ0v) is 16.6. The Kier molecular flexibility index (Phi) is 23.6. The maximum absolute atomic E-state index is 4.94. The molecule has 1 rings (SSSR count). The molecule has 2 atom stereocenters. The molecule has 1 aliphatic rings. The molecule has 0 aromatic carbocycles. The van der Waals surface area contributed by atoms with Crippen molar-refractivity contribution >= 4 is 11.8 Å². The van der Waals surface area contributed by atoms with Crippen molar-refractivity contribution < 1.29 is 0 Å². The second kappa shape index (κ2) is 20.0. The van der Waals surface area contributed by atoms with Crippen molar-refractivity contribution in [2.24, 2.45) is 11.8 Å². The summed E-state index contributed by atoms with van der Waals surface area (Å²) in [6.45, 7) is 24.2. The first-order valence-electron chi connectivity index (χ1n) is 8.00. The molecule has 1 aliphatic heterocycles. The van der Waals surface area contributed by atoms with Gasteiger partial charge in [0.1, 0.15) is 0 Å². The van der Waals surface area contributed by atoms with E-state index in [1.54, 1.807) is 18.0 Å². The molecule has 0 spiro atoms. The molecule has 3 heteroatoms. The largest absolute Gasteiger partial charge is 0.318 e. The summed E-state index contributed by atoms with van der Waals surface area (Å²) in [6, 6.07) is 0. The maximum Gasteiger partial charge on any atom is 0.318 e. The smallest absolute Gasteiger partial charge is 0.306 e. The van der Waals surface area contributed by atoms with Gasteiger partial charge in [-0.15, -0.1) is 24.9 Å². The lowest BCUT2D eigenvalue weighted by Crippen LogP contribution is -2.35. The van der Waals surface area contributed by atoms with Crippen LogP contribution in [0.5, 0.6) is 0 Å². The summed E-state index contributed by atoms with van der Waals surface area (Å²) in [5.41, 5.74) is 0. The Morgan fingerprint density at radius 2 is 1.82 bits per heavy atom. The summed E-state index contributed by atoms with van der Waals surface area (Å²) < 4.78 is 0. The van der Waals surface area contributed by atoms with Crippen molar-refractivity contribution in [3.05, 3.63) is 41.3 Å². The van der Waals surface area contributed by atoms with Gasteiger partial charge in [0, 0.05) is 6.54 Å². The number of piperidine rings is 1. The quantitative estimate of drug-likeness (QED) is 0.444. The monoisotopic (exact) mass is 325 g/mol. The number of hydrogen-bond acceptors (Lipinski definition) is 2. The molecule has 0 aromatic heterocycles. The van der Waals surface area contributed by atoms with Crippen LogP contribution in [0.2, 0.25) is 0 Å². The standard InChI is InChI=1S/C8H17N.C7H10NS.C2H6.C2H4/c1-7-4-5-9(3)6-8(7)2;1-4-5-7(9-3)6-8-2;2*1-2/h7-8H,4-6H2,1-3H3;2,4-6H,1,3H3;1-2H3;1-2H2/q;+1;;/b;5-4-,7-6-;;/t7-,8?;;;/m1.../s1. The molecule has 0 aliphatic carbocycles. The van der Waals surface area contributed by atoms with Crippen LogP contribution in [0, 0.1) is 18.4 Å². The second-order valence-electron chi connectivity index (χ2n) is 4.89. The maximum atomic E-state index is 4.94. The minimum Gasteiger partial charge on any atom is -0.306 e. The summed E-state index contributed by atoms with van der Waals surface area (Å²) in [5.74, 6) is 1.85. The SMILES string of the molecule is C#[N+]/C=C(/C=C\C)SC.C=C.CC.CC1CN(C)CC[C@H]1C. The Morgan fingerprint density at radius 3 is 2.14 bits per heavy atom. The summed E-state index contributed by atoms with van der Waals surface area (Å²) in [7, 11) is 2.21. The summed E-state index contributed by atoms with van der Waals surface area (Å²) in [6.07, 6.45) is 8.91. The van der Waals surface area contributed by atoms with Gasteiger partial charge in [0.15, 0.2) is 0 Å². The van der Waals surface area contributed by atoms with Crippen LogP contribution >= 0.6 is 11.8 Å². The Bertz CT molecular complexity index is 329. The van der Waals surface area contributed by atoms with Gasteiger partial charge < -0.3 is 4.90 Å². The van der Waals surface area contributed by atoms with Crippen molar-refractivity contribution in [1.82, 2.24) is 4.90 Å². The minimum absolute atomic E-state index is 0.906. The lowest BCUT2D eigenvalue weighted by molar-refractivity contribution is 0.166. The Balaban J connectivity index is -0.000000267. The molecule has 0 N–H and O–H groups in total. The van der Waals surface area contributed by atoms with E-state index in [2.05, 4.69) is 43.8 Å². The second-order valence-corrected chi connectivity index (χ2v) is 5.77. The molecule has 1 unspecified atom stereocenters. The van der Waals surface area contributed by atoms with Gasteiger partial charge >= 0.3 is 6.20 Å². The molecular formula is C19H37N2S+. The van der Waals surface area contributed by atoms with Crippen LogP contribution in [0.3, 0.4) is 0 Å². The van der Waals surface area contributed by atoms with Crippen LogP contribution in [0.15, 0.2) is 36.4 Å². The number of thioether (sulfide) groups is 1. The number of likely N-dealkylation sites (tertiary alicyclic amines) is 1. The van der Waals surface area contributed by atoms with Gasteiger partial charge in [-0.25, -0.2) is 0 Å². The molecule has 22 heavy (non-hydrogen) atoms. The summed E-state index contributed by atoms with van der Waals surface area (Å²) in [4.78, 5) is 6.88. The topological polar surface area (TPSA) is 7.60 Å². The highest BCUT2D eigenvalue weighted by atomic mass is 32.2. The lowest BCUT2D eigenvalue weighted by atomic mass is 9.89. The van der Waals surface area contributed by atoms with Crippen LogP contribution in [-0.2, 0) is 0 Å². The van der Waals surface area contributed by atoms with E-state index in [0.29, 0.717) is 0 Å². The Labute approximate surface area is 144 Å². The number of nitrogens with zero attached hydrogens (tertiary/aromatic N) is 2. The molecule has 0 radical (unpaired) electrons. The zero-order chi connectivity index (χ0) is 18.0. The number of allylic oxidation sites excluding steroid dienone is 2. The van der Waals surface area contributed by atoms with Crippen LogP contribution < -0.4 is 0 Å². The number of rotatable bonds is 2. The van der Waals surface area contributed by atoms with E-state index in [4.69, 9.17) is 6.57 Å². The molecule has 1 saturated heterocycles. The van der Waals surface area contributed by atoms with Crippen LogP contribution in [0.1, 0.15) is 41.0 Å². The lowest BCUT2D eigenvalue weighted by Gasteiger charge is -2.32.